The fourth-order valence-electron chi connectivity index (χ4n) is 4.81. The van der Waals surface area contributed by atoms with Crippen molar-refractivity contribution >= 4 is 40.2 Å². The van der Waals surface area contributed by atoms with Gasteiger partial charge in [-0.05, 0) is 30.3 Å². The molecule has 4 aromatic rings. The summed E-state index contributed by atoms with van der Waals surface area (Å²) in [6.45, 7) is 4.27. The Morgan fingerprint density at radius 2 is 1.61 bits per heavy atom. The number of ether oxygens (including phenoxy) is 1. The molecule has 1 aromatic heterocycles. The summed E-state index contributed by atoms with van der Waals surface area (Å²) >= 11 is 1.58. The number of aromatic nitrogens is 1. The van der Waals surface area contributed by atoms with E-state index in [-0.39, 0.29) is 11.8 Å². The number of nitrogens with one attached hydrogen (secondary N) is 1. The summed E-state index contributed by atoms with van der Waals surface area (Å²) in [5.74, 6) is 0.973. The van der Waals surface area contributed by atoms with Crippen LogP contribution in [0.1, 0.15) is 10.4 Å². The van der Waals surface area contributed by atoms with Gasteiger partial charge in [0.05, 0.1) is 18.4 Å². The number of anilines is 1. The Bertz CT molecular complexity index is 1400. The molecule has 0 spiro atoms. The molecule has 2 heterocycles. The number of hydrogen-bond acceptors (Lipinski definition) is 5. The number of para-hydroxylation sites is 3. The highest BCUT2D eigenvalue weighted by Crippen LogP contribution is 2.30. The molecule has 5 rings (SSSR count). The van der Waals surface area contributed by atoms with Crippen molar-refractivity contribution in [1.29, 1.82) is 0 Å². The first kappa shape index (κ1) is 25.7. The number of thioether (sulfide) groups is 1. The Morgan fingerprint density at radius 3 is 2.39 bits per heavy atom. The molecule has 8 heteroatoms. The Labute approximate surface area is 227 Å². The fraction of sp³-hybridized carbons (Fsp3) is 0.267. The van der Waals surface area contributed by atoms with Gasteiger partial charge in [-0.25, -0.2) is 0 Å². The summed E-state index contributed by atoms with van der Waals surface area (Å²) in [4.78, 5) is 31.1. The number of amides is 2. The first-order valence-corrected chi connectivity index (χ1v) is 13.8. The average Bonchev–Trinajstić information content (AvgIpc) is 3.33. The Hall–Kier alpha value is -3.91. The van der Waals surface area contributed by atoms with E-state index in [9.17, 15) is 9.59 Å². The molecule has 1 saturated heterocycles. The maximum atomic E-state index is 13.0. The van der Waals surface area contributed by atoms with E-state index in [2.05, 4.69) is 45.2 Å². The zero-order chi connectivity index (χ0) is 26.3. The highest BCUT2D eigenvalue weighted by molar-refractivity contribution is 8.00. The Morgan fingerprint density at radius 1 is 0.895 bits per heavy atom. The smallest absolute Gasteiger partial charge is 0.255 e. The van der Waals surface area contributed by atoms with Gasteiger partial charge in [0.1, 0.15) is 5.75 Å². The van der Waals surface area contributed by atoms with E-state index < -0.39 is 0 Å². The molecule has 0 saturated carbocycles. The summed E-state index contributed by atoms with van der Waals surface area (Å²) in [6.07, 6.45) is 2.09. The molecule has 3 aromatic carbocycles. The van der Waals surface area contributed by atoms with Crippen LogP contribution in [-0.4, -0.2) is 66.9 Å². The zero-order valence-corrected chi connectivity index (χ0v) is 22.3. The average molecular weight is 529 g/mol. The van der Waals surface area contributed by atoms with E-state index in [4.69, 9.17) is 4.74 Å². The zero-order valence-electron chi connectivity index (χ0n) is 21.5. The number of nitrogens with zero attached hydrogens (tertiary/aromatic N) is 3. The lowest BCUT2D eigenvalue weighted by molar-refractivity contribution is -0.128. The Balaban J connectivity index is 1.17. The predicted octanol–water partition coefficient (Wildman–Crippen LogP) is 4.52. The molecule has 0 bridgehead atoms. The molecule has 1 aliphatic rings. The van der Waals surface area contributed by atoms with Gasteiger partial charge in [0.2, 0.25) is 5.91 Å². The minimum atomic E-state index is -0.161. The van der Waals surface area contributed by atoms with Crippen LogP contribution in [0.2, 0.25) is 0 Å². The third-order valence-corrected chi connectivity index (χ3v) is 7.87. The van der Waals surface area contributed by atoms with Crippen LogP contribution in [0, 0.1) is 0 Å². The molecule has 0 radical (unpaired) electrons. The number of carbonyl (C=O) groups excluding carboxylic acids is 2. The molecular weight excluding hydrogens is 496 g/mol. The van der Waals surface area contributed by atoms with Gasteiger partial charge < -0.3 is 24.4 Å². The van der Waals surface area contributed by atoms with Crippen LogP contribution in [0.3, 0.4) is 0 Å². The van der Waals surface area contributed by atoms with E-state index in [1.807, 2.05) is 47.4 Å². The second kappa shape index (κ2) is 12.1. The van der Waals surface area contributed by atoms with Gasteiger partial charge in [0.15, 0.2) is 0 Å². The van der Waals surface area contributed by atoms with E-state index in [1.54, 1.807) is 31.0 Å². The van der Waals surface area contributed by atoms with E-state index in [1.165, 1.54) is 5.69 Å². The first-order chi connectivity index (χ1) is 18.6. The van der Waals surface area contributed by atoms with Crippen LogP contribution in [-0.2, 0) is 11.3 Å². The monoisotopic (exact) mass is 528 g/mol. The van der Waals surface area contributed by atoms with Crippen LogP contribution < -0.4 is 15.0 Å². The van der Waals surface area contributed by atoms with Crippen molar-refractivity contribution in [2.24, 2.45) is 0 Å². The minimum Gasteiger partial charge on any atom is -0.496 e. The van der Waals surface area contributed by atoms with Crippen molar-refractivity contribution in [2.45, 2.75) is 11.4 Å². The summed E-state index contributed by atoms with van der Waals surface area (Å²) in [5.41, 5.74) is 2.82. The summed E-state index contributed by atoms with van der Waals surface area (Å²) in [7, 11) is 1.56. The lowest BCUT2D eigenvalue weighted by Crippen LogP contribution is -2.49. The number of hydrogen-bond donors (Lipinski definition) is 1. The number of benzene rings is 3. The van der Waals surface area contributed by atoms with Crippen molar-refractivity contribution in [1.82, 2.24) is 14.8 Å². The van der Waals surface area contributed by atoms with Crippen molar-refractivity contribution < 1.29 is 14.3 Å². The summed E-state index contributed by atoms with van der Waals surface area (Å²) in [5, 5.41) is 4.11. The minimum absolute atomic E-state index is 0.161. The molecule has 1 fully saturated rings. The number of piperazine rings is 1. The normalized spacial score (nSPS) is 13.5. The summed E-state index contributed by atoms with van der Waals surface area (Å²) < 4.78 is 7.45. The maximum Gasteiger partial charge on any atom is 0.255 e. The van der Waals surface area contributed by atoms with E-state index in [0.717, 1.165) is 42.0 Å². The highest BCUT2D eigenvalue weighted by Gasteiger charge is 2.22. The van der Waals surface area contributed by atoms with Crippen LogP contribution in [0.5, 0.6) is 5.75 Å². The first-order valence-electron chi connectivity index (χ1n) is 12.8. The third kappa shape index (κ3) is 5.81. The van der Waals surface area contributed by atoms with Crippen molar-refractivity contribution in [2.75, 3.05) is 50.5 Å². The van der Waals surface area contributed by atoms with Gasteiger partial charge >= 0.3 is 0 Å². The lowest BCUT2D eigenvalue weighted by Gasteiger charge is -2.36. The largest absolute Gasteiger partial charge is 0.496 e. The molecule has 1 aliphatic heterocycles. The van der Waals surface area contributed by atoms with E-state index >= 15 is 0 Å². The van der Waals surface area contributed by atoms with Crippen molar-refractivity contribution in [3.05, 3.63) is 90.6 Å². The van der Waals surface area contributed by atoms with Gasteiger partial charge in [-0.3, -0.25) is 9.59 Å². The molecular formula is C30H32N4O3S. The maximum absolute atomic E-state index is 13.0. The molecule has 196 valence electrons. The van der Waals surface area contributed by atoms with Crippen LogP contribution in [0.25, 0.3) is 10.9 Å². The number of fused-ring (bicyclic) bond motifs is 1. The molecule has 7 nitrogen and oxygen atoms in total. The van der Waals surface area contributed by atoms with Crippen molar-refractivity contribution in [3.63, 3.8) is 0 Å². The predicted molar refractivity (Wildman–Crippen MR) is 153 cm³/mol. The second-order valence-corrected chi connectivity index (χ2v) is 10.2. The molecule has 1 N–H and O–H groups in total. The fourth-order valence-corrected chi connectivity index (χ4v) is 5.81. The standard InChI is InChI=1S/C30H32N4O3S/c1-37-27-14-8-6-12-25(27)30(36)31-15-16-34-21-28(24-11-5-7-13-26(24)34)38-22-29(35)33-19-17-32(18-20-33)23-9-3-2-4-10-23/h2-14,21H,15-20,22H2,1H3,(H,31,36). The third-order valence-electron chi connectivity index (χ3n) is 6.85. The quantitative estimate of drug-likeness (QED) is 0.324. The highest BCUT2D eigenvalue weighted by atomic mass is 32.2. The number of methoxy groups -OCH3 is 1. The molecule has 38 heavy (non-hydrogen) atoms. The summed E-state index contributed by atoms with van der Waals surface area (Å²) in [6, 6.07) is 25.8. The van der Waals surface area contributed by atoms with Gasteiger partial charge in [0.25, 0.3) is 5.91 Å². The number of rotatable bonds is 9. The topological polar surface area (TPSA) is 66.8 Å². The SMILES string of the molecule is COc1ccccc1C(=O)NCCn1cc(SCC(=O)N2CCN(c3ccccc3)CC2)c2ccccc21. The van der Waals surface area contributed by atoms with Crippen LogP contribution >= 0.6 is 11.8 Å². The number of carbonyl (C=O) groups is 2. The molecule has 0 unspecified atom stereocenters. The second-order valence-electron chi connectivity index (χ2n) is 9.15. The molecule has 0 aliphatic carbocycles. The van der Waals surface area contributed by atoms with Gasteiger partial charge in [-0.1, -0.05) is 48.5 Å². The molecule has 2 amide bonds. The molecule has 0 atom stereocenters. The van der Waals surface area contributed by atoms with Crippen molar-refractivity contribution in [3.8, 4) is 5.75 Å². The van der Waals surface area contributed by atoms with Crippen LogP contribution in [0.15, 0.2) is 90.0 Å². The lowest BCUT2D eigenvalue weighted by atomic mass is 10.2. The van der Waals surface area contributed by atoms with Crippen LogP contribution in [0.4, 0.5) is 5.69 Å². The van der Waals surface area contributed by atoms with Gasteiger partial charge in [0, 0.05) is 67.0 Å². The Kier molecular flexibility index (Phi) is 8.19. The van der Waals surface area contributed by atoms with Gasteiger partial charge in [-0.15, -0.1) is 11.8 Å². The van der Waals surface area contributed by atoms with Gasteiger partial charge in [-0.2, -0.15) is 0 Å². The van der Waals surface area contributed by atoms with E-state index in [0.29, 0.717) is 30.2 Å².